The summed E-state index contributed by atoms with van der Waals surface area (Å²) in [5.74, 6) is -1.92. The largest absolute Gasteiger partial charge is 0.480 e. The molecule has 1 aromatic carbocycles. The number of carbonyl (C=O) groups excluding carboxylic acids is 1. The quantitative estimate of drug-likeness (QED) is 0.569. The molecule has 0 spiro atoms. The van der Waals surface area contributed by atoms with Gasteiger partial charge in [0.15, 0.2) is 6.04 Å². The van der Waals surface area contributed by atoms with Crippen molar-refractivity contribution in [2.24, 2.45) is 0 Å². The van der Waals surface area contributed by atoms with Crippen LogP contribution in [0.25, 0.3) is 0 Å². The van der Waals surface area contributed by atoms with Crippen molar-refractivity contribution in [1.82, 2.24) is 5.32 Å². The Labute approximate surface area is 104 Å². The molecule has 0 aliphatic rings. The molecule has 6 nitrogen and oxygen atoms in total. The lowest BCUT2D eigenvalue weighted by Crippen LogP contribution is -2.47. The Balaban J connectivity index is 2.94. The van der Waals surface area contributed by atoms with E-state index in [-0.39, 0.29) is 11.3 Å². The number of hydrogen-bond acceptors (Lipinski definition) is 4. The molecule has 5 N–H and O–H groups in total. The van der Waals surface area contributed by atoms with Crippen LogP contribution in [0, 0.1) is 6.92 Å². The number of nitrogens with one attached hydrogen (secondary N) is 1. The molecular weight excluding hydrogens is 236 g/mol. The highest BCUT2D eigenvalue weighted by Crippen LogP contribution is 2.14. The van der Waals surface area contributed by atoms with Gasteiger partial charge in [-0.1, -0.05) is 11.6 Å². The molecule has 2 atom stereocenters. The van der Waals surface area contributed by atoms with Crippen molar-refractivity contribution in [3.63, 3.8) is 0 Å². The number of aryl methyl sites for hydroxylation is 1. The van der Waals surface area contributed by atoms with E-state index in [1.165, 1.54) is 6.92 Å². The maximum absolute atomic E-state index is 11.9. The molecule has 0 saturated carbocycles. The summed E-state index contributed by atoms with van der Waals surface area (Å²) in [6.07, 6.45) is -1.20. The summed E-state index contributed by atoms with van der Waals surface area (Å²) in [5, 5.41) is 20.4. The van der Waals surface area contributed by atoms with Crippen LogP contribution in [0.2, 0.25) is 0 Å². The Kier molecular flexibility index (Phi) is 4.28. The summed E-state index contributed by atoms with van der Waals surface area (Å²) in [6.45, 7) is 3.08. The number of aliphatic hydroxyl groups is 1. The van der Waals surface area contributed by atoms with Gasteiger partial charge in [-0.2, -0.15) is 0 Å². The van der Waals surface area contributed by atoms with Gasteiger partial charge in [-0.05, 0) is 26.0 Å². The first-order valence-corrected chi connectivity index (χ1v) is 5.40. The Bertz CT molecular complexity index is 471. The number of rotatable bonds is 4. The number of carboxylic acids is 1. The molecule has 1 amide bonds. The zero-order valence-corrected chi connectivity index (χ0v) is 10.2. The molecule has 18 heavy (non-hydrogen) atoms. The molecule has 0 heterocycles. The predicted molar refractivity (Wildman–Crippen MR) is 66.2 cm³/mol. The fourth-order valence-corrected chi connectivity index (χ4v) is 1.47. The summed E-state index contributed by atoms with van der Waals surface area (Å²) >= 11 is 0. The van der Waals surface area contributed by atoms with E-state index in [9.17, 15) is 14.7 Å². The SMILES string of the molecule is Cc1ccc(N)c(C(=O)NC(C(=O)O)C(C)O)c1. The van der Waals surface area contributed by atoms with Gasteiger partial charge >= 0.3 is 5.97 Å². The number of carboxylic acid groups (broad SMARTS) is 1. The lowest BCUT2D eigenvalue weighted by Gasteiger charge is -2.17. The van der Waals surface area contributed by atoms with Gasteiger partial charge in [-0.3, -0.25) is 4.79 Å². The topological polar surface area (TPSA) is 113 Å². The van der Waals surface area contributed by atoms with Crippen LogP contribution in [0.1, 0.15) is 22.8 Å². The smallest absolute Gasteiger partial charge is 0.328 e. The maximum Gasteiger partial charge on any atom is 0.328 e. The summed E-state index contributed by atoms with van der Waals surface area (Å²) in [4.78, 5) is 22.7. The molecule has 0 aliphatic heterocycles. The Morgan fingerprint density at radius 2 is 2.00 bits per heavy atom. The molecule has 0 fully saturated rings. The van der Waals surface area contributed by atoms with Crippen LogP contribution < -0.4 is 11.1 Å². The molecule has 0 bridgehead atoms. The van der Waals surface area contributed by atoms with Crippen molar-refractivity contribution in [1.29, 1.82) is 0 Å². The monoisotopic (exact) mass is 252 g/mol. The standard InChI is InChI=1S/C12H16N2O4/c1-6-3-4-9(13)8(5-6)11(16)14-10(7(2)15)12(17)18/h3-5,7,10,15H,13H2,1-2H3,(H,14,16)(H,17,18). The van der Waals surface area contributed by atoms with Gasteiger partial charge in [0, 0.05) is 5.69 Å². The lowest BCUT2D eigenvalue weighted by molar-refractivity contribution is -0.141. The first kappa shape index (κ1) is 14.0. The van der Waals surface area contributed by atoms with Crippen molar-refractivity contribution < 1.29 is 19.8 Å². The fourth-order valence-electron chi connectivity index (χ4n) is 1.47. The highest BCUT2D eigenvalue weighted by atomic mass is 16.4. The van der Waals surface area contributed by atoms with Crippen LogP contribution >= 0.6 is 0 Å². The van der Waals surface area contributed by atoms with E-state index < -0.39 is 24.0 Å². The normalized spacial score (nSPS) is 13.7. The van der Waals surface area contributed by atoms with Crippen LogP contribution in [-0.4, -0.2) is 34.2 Å². The third-order valence-electron chi connectivity index (χ3n) is 2.49. The van der Waals surface area contributed by atoms with Gasteiger partial charge in [0.2, 0.25) is 0 Å². The van der Waals surface area contributed by atoms with Crippen molar-refractivity contribution in [2.45, 2.75) is 26.0 Å². The maximum atomic E-state index is 11.9. The first-order chi connectivity index (χ1) is 8.32. The zero-order valence-electron chi connectivity index (χ0n) is 10.2. The predicted octanol–water partition coefficient (Wildman–Crippen LogP) is 0.141. The van der Waals surface area contributed by atoms with E-state index in [4.69, 9.17) is 10.8 Å². The van der Waals surface area contributed by atoms with E-state index in [0.29, 0.717) is 0 Å². The van der Waals surface area contributed by atoms with E-state index in [2.05, 4.69) is 5.32 Å². The van der Waals surface area contributed by atoms with E-state index in [1.807, 2.05) is 0 Å². The molecule has 0 saturated heterocycles. The molecule has 0 aromatic heterocycles. The van der Waals surface area contributed by atoms with Crippen LogP contribution in [0.4, 0.5) is 5.69 Å². The van der Waals surface area contributed by atoms with Crippen LogP contribution in [0.15, 0.2) is 18.2 Å². The Morgan fingerprint density at radius 1 is 1.39 bits per heavy atom. The van der Waals surface area contributed by atoms with E-state index >= 15 is 0 Å². The van der Waals surface area contributed by atoms with Crippen LogP contribution in [-0.2, 0) is 4.79 Å². The van der Waals surface area contributed by atoms with Crippen molar-refractivity contribution >= 4 is 17.6 Å². The van der Waals surface area contributed by atoms with Gasteiger partial charge in [0.25, 0.3) is 5.91 Å². The molecule has 2 unspecified atom stereocenters. The first-order valence-electron chi connectivity index (χ1n) is 5.40. The third-order valence-corrected chi connectivity index (χ3v) is 2.49. The fraction of sp³-hybridized carbons (Fsp3) is 0.333. The third kappa shape index (κ3) is 3.21. The van der Waals surface area contributed by atoms with E-state index in [0.717, 1.165) is 5.56 Å². The number of anilines is 1. The minimum atomic E-state index is -1.36. The minimum absolute atomic E-state index is 0.196. The van der Waals surface area contributed by atoms with Gasteiger partial charge in [0.1, 0.15) is 0 Å². The van der Waals surface area contributed by atoms with Crippen LogP contribution in [0.3, 0.4) is 0 Å². The summed E-state index contributed by atoms with van der Waals surface area (Å²) in [7, 11) is 0. The summed E-state index contributed by atoms with van der Waals surface area (Å²) < 4.78 is 0. The van der Waals surface area contributed by atoms with Crippen molar-refractivity contribution in [3.05, 3.63) is 29.3 Å². The summed E-state index contributed by atoms with van der Waals surface area (Å²) in [5.41, 5.74) is 6.93. The molecule has 0 aliphatic carbocycles. The Morgan fingerprint density at radius 3 is 2.50 bits per heavy atom. The average molecular weight is 252 g/mol. The molecule has 6 heteroatoms. The highest BCUT2D eigenvalue weighted by molar-refractivity contribution is 6.01. The van der Waals surface area contributed by atoms with Gasteiger partial charge in [-0.15, -0.1) is 0 Å². The van der Waals surface area contributed by atoms with Crippen molar-refractivity contribution in [2.75, 3.05) is 5.73 Å². The van der Waals surface area contributed by atoms with Crippen LogP contribution in [0.5, 0.6) is 0 Å². The molecule has 1 aromatic rings. The number of benzene rings is 1. The van der Waals surface area contributed by atoms with Gasteiger partial charge in [0.05, 0.1) is 11.7 Å². The van der Waals surface area contributed by atoms with Gasteiger partial charge < -0.3 is 21.3 Å². The molecule has 1 rings (SSSR count). The minimum Gasteiger partial charge on any atom is -0.480 e. The molecule has 98 valence electrons. The number of nitrogen functional groups attached to an aromatic ring is 1. The second-order valence-electron chi connectivity index (χ2n) is 4.12. The zero-order chi connectivity index (χ0) is 13.9. The number of nitrogens with two attached hydrogens (primary N) is 1. The van der Waals surface area contributed by atoms with Gasteiger partial charge in [-0.25, -0.2) is 4.79 Å². The number of amides is 1. The molecule has 0 radical (unpaired) electrons. The summed E-state index contributed by atoms with van der Waals surface area (Å²) in [6, 6.07) is 3.51. The number of carbonyl (C=O) groups is 2. The van der Waals surface area contributed by atoms with E-state index in [1.54, 1.807) is 25.1 Å². The average Bonchev–Trinajstić information content (AvgIpc) is 2.28. The number of aliphatic hydroxyl groups excluding tert-OH is 1. The highest BCUT2D eigenvalue weighted by Gasteiger charge is 2.26. The Hall–Kier alpha value is -2.08. The second kappa shape index (κ2) is 5.50. The lowest BCUT2D eigenvalue weighted by atomic mass is 10.1. The van der Waals surface area contributed by atoms with Crippen molar-refractivity contribution in [3.8, 4) is 0 Å². The number of aliphatic carboxylic acids is 1. The number of hydrogen-bond donors (Lipinski definition) is 4. The molecular formula is C12H16N2O4. The second-order valence-corrected chi connectivity index (χ2v) is 4.12.